The van der Waals surface area contributed by atoms with Crippen LogP contribution in [0.2, 0.25) is 0 Å². The molecule has 0 atom stereocenters. The second kappa shape index (κ2) is 5.18. The minimum absolute atomic E-state index is 0.159. The van der Waals surface area contributed by atoms with Crippen LogP contribution in [-0.2, 0) is 13.1 Å². The lowest BCUT2D eigenvalue weighted by atomic mass is 10.1. The molecular weight excluding hydrogens is 228 g/mol. The minimum atomic E-state index is -0.159. The average Bonchev–Trinajstić information content (AvgIpc) is 2.61. The number of nitrogens with zero attached hydrogens (tertiary/aromatic N) is 3. The molecule has 0 unspecified atom stereocenters. The van der Waals surface area contributed by atoms with Gasteiger partial charge in [-0.05, 0) is 26.6 Å². The zero-order valence-corrected chi connectivity index (χ0v) is 11.0. The Kier molecular flexibility index (Phi) is 3.62. The zero-order chi connectivity index (χ0) is 13.1. The standard InChI is InChI=1S/C13H18N4O/c1-10-5-4-6-11(7-10)8-17-12(9-16(2)3)14-15-13(17)18/h4-7H,8-9H2,1-3H3,(H,15,18). The van der Waals surface area contributed by atoms with Crippen LogP contribution < -0.4 is 5.69 Å². The lowest BCUT2D eigenvalue weighted by molar-refractivity contribution is 0.381. The van der Waals surface area contributed by atoms with E-state index in [4.69, 9.17) is 0 Å². The van der Waals surface area contributed by atoms with Crippen molar-refractivity contribution in [2.45, 2.75) is 20.0 Å². The van der Waals surface area contributed by atoms with Crippen molar-refractivity contribution in [3.05, 3.63) is 51.7 Å². The molecule has 2 aromatic rings. The number of nitrogens with one attached hydrogen (secondary N) is 1. The molecule has 0 aliphatic carbocycles. The van der Waals surface area contributed by atoms with E-state index >= 15 is 0 Å². The highest BCUT2D eigenvalue weighted by molar-refractivity contribution is 5.22. The largest absolute Gasteiger partial charge is 0.343 e. The van der Waals surface area contributed by atoms with Crippen molar-refractivity contribution in [2.24, 2.45) is 0 Å². The van der Waals surface area contributed by atoms with Crippen LogP contribution in [0.5, 0.6) is 0 Å². The van der Waals surface area contributed by atoms with E-state index in [1.807, 2.05) is 44.1 Å². The summed E-state index contributed by atoms with van der Waals surface area (Å²) >= 11 is 0. The molecule has 1 aromatic carbocycles. The van der Waals surface area contributed by atoms with E-state index in [1.54, 1.807) is 4.57 Å². The molecule has 1 aromatic heterocycles. The van der Waals surface area contributed by atoms with Gasteiger partial charge in [0.05, 0.1) is 13.1 Å². The van der Waals surface area contributed by atoms with Gasteiger partial charge in [0.25, 0.3) is 0 Å². The van der Waals surface area contributed by atoms with Crippen LogP contribution in [0.25, 0.3) is 0 Å². The predicted octanol–water partition coefficient (Wildman–Crippen LogP) is 0.990. The van der Waals surface area contributed by atoms with Gasteiger partial charge >= 0.3 is 5.69 Å². The molecule has 0 amide bonds. The Morgan fingerprint density at radius 1 is 1.39 bits per heavy atom. The maximum absolute atomic E-state index is 11.7. The number of aromatic nitrogens is 3. The van der Waals surface area contributed by atoms with E-state index in [2.05, 4.69) is 16.3 Å². The molecule has 5 heteroatoms. The molecular formula is C13H18N4O. The van der Waals surface area contributed by atoms with Gasteiger partial charge in [0.2, 0.25) is 0 Å². The number of hydrogen-bond donors (Lipinski definition) is 1. The number of benzene rings is 1. The van der Waals surface area contributed by atoms with Crippen LogP contribution in [0.3, 0.4) is 0 Å². The van der Waals surface area contributed by atoms with Gasteiger partial charge in [-0.2, -0.15) is 5.10 Å². The second-order valence-corrected chi connectivity index (χ2v) is 4.76. The Hall–Kier alpha value is -1.88. The third-order valence-electron chi connectivity index (χ3n) is 2.72. The van der Waals surface area contributed by atoms with E-state index in [0.717, 1.165) is 11.4 Å². The van der Waals surface area contributed by atoms with Gasteiger partial charge < -0.3 is 4.90 Å². The van der Waals surface area contributed by atoms with Crippen molar-refractivity contribution in [2.75, 3.05) is 14.1 Å². The fourth-order valence-electron chi connectivity index (χ4n) is 1.91. The van der Waals surface area contributed by atoms with Crippen molar-refractivity contribution in [3.8, 4) is 0 Å². The molecule has 1 N–H and O–H groups in total. The third kappa shape index (κ3) is 2.87. The maximum Gasteiger partial charge on any atom is 0.343 e. The Morgan fingerprint density at radius 2 is 2.17 bits per heavy atom. The maximum atomic E-state index is 11.7. The topological polar surface area (TPSA) is 53.9 Å². The number of aromatic amines is 1. The van der Waals surface area contributed by atoms with Gasteiger partial charge in [-0.15, -0.1) is 0 Å². The molecule has 0 saturated carbocycles. The van der Waals surface area contributed by atoms with E-state index in [9.17, 15) is 4.79 Å². The quantitative estimate of drug-likeness (QED) is 0.875. The molecule has 0 bridgehead atoms. The summed E-state index contributed by atoms with van der Waals surface area (Å²) in [5, 5.41) is 6.57. The summed E-state index contributed by atoms with van der Waals surface area (Å²) in [4.78, 5) is 13.7. The highest BCUT2D eigenvalue weighted by Gasteiger charge is 2.09. The molecule has 18 heavy (non-hydrogen) atoms. The molecule has 5 nitrogen and oxygen atoms in total. The molecule has 1 heterocycles. The first-order valence-electron chi connectivity index (χ1n) is 5.90. The number of hydrogen-bond acceptors (Lipinski definition) is 3. The lowest BCUT2D eigenvalue weighted by Crippen LogP contribution is -2.22. The SMILES string of the molecule is Cc1cccc(Cn2c(CN(C)C)n[nH]c2=O)c1. The molecule has 0 fully saturated rings. The normalized spacial score (nSPS) is 11.1. The van der Waals surface area contributed by atoms with Crippen LogP contribution in [0, 0.1) is 6.92 Å². The lowest BCUT2D eigenvalue weighted by Gasteiger charge is -2.10. The van der Waals surface area contributed by atoms with Crippen molar-refractivity contribution in [1.29, 1.82) is 0 Å². The summed E-state index contributed by atoms with van der Waals surface area (Å²) in [5.74, 6) is 0.756. The Morgan fingerprint density at radius 3 is 2.83 bits per heavy atom. The first-order valence-corrected chi connectivity index (χ1v) is 5.90. The molecule has 96 valence electrons. The number of H-pyrrole nitrogens is 1. The molecule has 2 rings (SSSR count). The van der Waals surface area contributed by atoms with Crippen molar-refractivity contribution in [3.63, 3.8) is 0 Å². The molecule has 0 aliphatic rings. The molecule has 0 aliphatic heterocycles. The smallest absolute Gasteiger partial charge is 0.302 e. The highest BCUT2D eigenvalue weighted by Crippen LogP contribution is 2.06. The zero-order valence-electron chi connectivity index (χ0n) is 11.0. The fourth-order valence-corrected chi connectivity index (χ4v) is 1.91. The third-order valence-corrected chi connectivity index (χ3v) is 2.72. The first-order chi connectivity index (χ1) is 8.56. The predicted molar refractivity (Wildman–Crippen MR) is 70.5 cm³/mol. The summed E-state index contributed by atoms with van der Waals surface area (Å²) in [7, 11) is 3.91. The Balaban J connectivity index is 2.28. The highest BCUT2D eigenvalue weighted by atomic mass is 16.1. The van der Waals surface area contributed by atoms with Crippen LogP contribution in [0.1, 0.15) is 17.0 Å². The average molecular weight is 246 g/mol. The summed E-state index contributed by atoms with van der Waals surface area (Å²) in [6, 6.07) is 8.15. The van der Waals surface area contributed by atoms with Crippen LogP contribution in [-0.4, -0.2) is 33.8 Å². The van der Waals surface area contributed by atoms with E-state index < -0.39 is 0 Å². The minimum Gasteiger partial charge on any atom is -0.302 e. The van der Waals surface area contributed by atoms with Gasteiger partial charge in [-0.25, -0.2) is 9.89 Å². The Labute approximate surface area is 106 Å². The van der Waals surface area contributed by atoms with Crippen molar-refractivity contribution < 1.29 is 0 Å². The number of aryl methyl sites for hydroxylation is 1. The van der Waals surface area contributed by atoms with Crippen molar-refractivity contribution in [1.82, 2.24) is 19.7 Å². The molecule has 0 saturated heterocycles. The van der Waals surface area contributed by atoms with Crippen LogP contribution in [0.15, 0.2) is 29.1 Å². The van der Waals surface area contributed by atoms with Crippen molar-refractivity contribution >= 4 is 0 Å². The van der Waals surface area contributed by atoms with Crippen LogP contribution >= 0.6 is 0 Å². The fraction of sp³-hybridized carbons (Fsp3) is 0.385. The van der Waals surface area contributed by atoms with E-state index in [0.29, 0.717) is 13.1 Å². The van der Waals surface area contributed by atoms with Gasteiger partial charge in [-0.1, -0.05) is 29.8 Å². The van der Waals surface area contributed by atoms with Crippen LogP contribution in [0.4, 0.5) is 0 Å². The van der Waals surface area contributed by atoms with Gasteiger partial charge in [-0.3, -0.25) is 4.57 Å². The second-order valence-electron chi connectivity index (χ2n) is 4.76. The summed E-state index contributed by atoms with van der Waals surface area (Å²) in [5.41, 5.74) is 2.14. The van der Waals surface area contributed by atoms with Gasteiger partial charge in [0.15, 0.2) is 0 Å². The number of rotatable bonds is 4. The van der Waals surface area contributed by atoms with E-state index in [1.165, 1.54) is 5.56 Å². The summed E-state index contributed by atoms with van der Waals surface area (Å²) < 4.78 is 1.68. The summed E-state index contributed by atoms with van der Waals surface area (Å²) in [6.45, 7) is 3.24. The van der Waals surface area contributed by atoms with Gasteiger partial charge in [0.1, 0.15) is 5.82 Å². The molecule has 0 spiro atoms. The summed E-state index contributed by atoms with van der Waals surface area (Å²) in [6.07, 6.45) is 0. The monoisotopic (exact) mass is 246 g/mol. The Bertz CT molecular complexity index is 583. The van der Waals surface area contributed by atoms with E-state index in [-0.39, 0.29) is 5.69 Å². The first kappa shape index (κ1) is 12.6. The molecule has 0 radical (unpaired) electrons. The van der Waals surface area contributed by atoms with Gasteiger partial charge in [0, 0.05) is 0 Å².